The molecule has 1 heterocycles. The largest absolute Gasteiger partial charge is 0.507 e. The van der Waals surface area contributed by atoms with Crippen molar-refractivity contribution in [1.29, 1.82) is 0 Å². The maximum atomic E-state index is 12.7. The maximum Gasteiger partial charge on any atom is 0.171 e. The summed E-state index contributed by atoms with van der Waals surface area (Å²) in [6.45, 7) is 7.52. The molecule has 1 aliphatic rings. The Hall–Kier alpha value is -2.69. The van der Waals surface area contributed by atoms with E-state index in [1.54, 1.807) is 31.2 Å². The molecule has 0 bridgehead atoms. The molecule has 0 saturated heterocycles. The lowest BCUT2D eigenvalue weighted by Crippen LogP contribution is -2.44. The van der Waals surface area contributed by atoms with E-state index in [4.69, 9.17) is 15.2 Å². The summed E-state index contributed by atoms with van der Waals surface area (Å²) in [5, 5.41) is 10.2. The van der Waals surface area contributed by atoms with E-state index < -0.39 is 5.60 Å². The first-order chi connectivity index (χ1) is 11.7. The zero-order chi connectivity index (χ0) is 18.4. The number of hydrogen-bond donors (Lipinski definition) is 2. The van der Waals surface area contributed by atoms with Crippen LogP contribution >= 0.6 is 0 Å². The van der Waals surface area contributed by atoms with Crippen molar-refractivity contribution < 1.29 is 19.4 Å². The van der Waals surface area contributed by atoms with E-state index in [1.165, 1.54) is 0 Å². The molecule has 0 aliphatic carbocycles. The SMILES string of the molecule is Cc1c(C)c2c(c(C)c1O)C(=O)CC(C)(COc1ccc(N)cc1)O2. The van der Waals surface area contributed by atoms with E-state index in [-0.39, 0.29) is 24.6 Å². The lowest BCUT2D eigenvalue weighted by Gasteiger charge is -2.36. The monoisotopic (exact) mass is 341 g/mol. The summed E-state index contributed by atoms with van der Waals surface area (Å²) in [6, 6.07) is 7.10. The van der Waals surface area contributed by atoms with Gasteiger partial charge in [0.15, 0.2) is 5.78 Å². The number of phenolic OH excluding ortho intramolecular Hbond substituents is 1. The quantitative estimate of drug-likeness (QED) is 0.832. The Morgan fingerprint density at radius 1 is 1.16 bits per heavy atom. The van der Waals surface area contributed by atoms with Gasteiger partial charge in [-0.25, -0.2) is 0 Å². The van der Waals surface area contributed by atoms with Gasteiger partial charge in [-0.05, 0) is 63.1 Å². The van der Waals surface area contributed by atoms with Crippen LogP contribution in [0.3, 0.4) is 0 Å². The number of ketones is 1. The van der Waals surface area contributed by atoms with Crippen LogP contribution in [0.4, 0.5) is 5.69 Å². The third-order valence-corrected chi connectivity index (χ3v) is 4.80. The zero-order valence-electron chi connectivity index (χ0n) is 15.0. The molecule has 2 aromatic rings. The van der Waals surface area contributed by atoms with Gasteiger partial charge in [-0.15, -0.1) is 0 Å². The first-order valence-corrected chi connectivity index (χ1v) is 8.25. The highest BCUT2D eigenvalue weighted by Crippen LogP contribution is 2.43. The average Bonchev–Trinajstić information content (AvgIpc) is 2.57. The van der Waals surface area contributed by atoms with E-state index in [1.807, 2.05) is 20.8 Å². The van der Waals surface area contributed by atoms with Gasteiger partial charge in [0.25, 0.3) is 0 Å². The number of benzene rings is 2. The van der Waals surface area contributed by atoms with Crippen molar-refractivity contribution >= 4 is 11.5 Å². The van der Waals surface area contributed by atoms with Crippen molar-refractivity contribution in [3.05, 3.63) is 46.5 Å². The highest BCUT2D eigenvalue weighted by atomic mass is 16.5. The summed E-state index contributed by atoms with van der Waals surface area (Å²) in [5.41, 5.74) is 8.13. The van der Waals surface area contributed by atoms with Crippen molar-refractivity contribution in [2.45, 2.75) is 39.7 Å². The molecule has 0 saturated carbocycles. The minimum absolute atomic E-state index is 0.0412. The molecule has 5 nitrogen and oxygen atoms in total. The Morgan fingerprint density at radius 2 is 1.80 bits per heavy atom. The number of carbonyl (C=O) groups is 1. The molecule has 0 fully saturated rings. The molecule has 0 aromatic heterocycles. The Balaban J connectivity index is 1.89. The highest BCUT2D eigenvalue weighted by molar-refractivity contribution is 6.03. The van der Waals surface area contributed by atoms with Gasteiger partial charge < -0.3 is 20.3 Å². The second-order valence-corrected chi connectivity index (χ2v) is 6.94. The number of nitrogens with two attached hydrogens (primary N) is 1. The fraction of sp³-hybridized carbons (Fsp3) is 0.350. The number of carbonyl (C=O) groups excluding carboxylic acids is 1. The van der Waals surface area contributed by atoms with Crippen LogP contribution in [-0.2, 0) is 0 Å². The van der Waals surface area contributed by atoms with Gasteiger partial charge in [0.05, 0.1) is 12.0 Å². The molecule has 0 spiro atoms. The van der Waals surface area contributed by atoms with E-state index in [0.29, 0.717) is 28.3 Å². The lowest BCUT2D eigenvalue weighted by molar-refractivity contribution is 0.0182. The minimum atomic E-state index is -0.772. The Kier molecular flexibility index (Phi) is 4.11. The Morgan fingerprint density at radius 3 is 2.44 bits per heavy atom. The Labute approximate surface area is 147 Å². The molecule has 0 amide bonds. The van der Waals surface area contributed by atoms with Crippen molar-refractivity contribution in [3.8, 4) is 17.2 Å². The Bertz CT molecular complexity index is 842. The van der Waals surface area contributed by atoms with Gasteiger partial charge in [-0.3, -0.25) is 4.79 Å². The summed E-state index contributed by atoms with van der Waals surface area (Å²) < 4.78 is 12.0. The second kappa shape index (κ2) is 5.99. The smallest absolute Gasteiger partial charge is 0.171 e. The molecule has 3 N–H and O–H groups in total. The number of rotatable bonds is 3. The van der Waals surface area contributed by atoms with Crippen LogP contribution in [0.5, 0.6) is 17.2 Å². The third kappa shape index (κ3) is 3.02. The van der Waals surface area contributed by atoms with Crippen LogP contribution in [0.15, 0.2) is 24.3 Å². The fourth-order valence-electron chi connectivity index (χ4n) is 3.16. The molecule has 1 unspecified atom stereocenters. The fourth-order valence-corrected chi connectivity index (χ4v) is 3.16. The number of ether oxygens (including phenoxy) is 2. The topological polar surface area (TPSA) is 81.8 Å². The van der Waals surface area contributed by atoms with Crippen LogP contribution in [0.1, 0.15) is 40.4 Å². The van der Waals surface area contributed by atoms with Crippen LogP contribution in [0, 0.1) is 20.8 Å². The third-order valence-electron chi connectivity index (χ3n) is 4.80. The molecule has 25 heavy (non-hydrogen) atoms. The first kappa shape index (κ1) is 17.1. The molecular weight excluding hydrogens is 318 g/mol. The van der Waals surface area contributed by atoms with Gasteiger partial charge in [0.1, 0.15) is 29.5 Å². The number of fused-ring (bicyclic) bond motifs is 1. The second-order valence-electron chi connectivity index (χ2n) is 6.94. The van der Waals surface area contributed by atoms with Crippen LogP contribution < -0.4 is 15.2 Å². The number of aromatic hydroxyl groups is 1. The standard InChI is InChI=1S/C20H23NO4/c1-11-12(2)19-17(13(3)18(11)23)16(22)9-20(4,25-19)10-24-15-7-5-14(21)6-8-15/h5-8,23H,9-10,21H2,1-4H3. The molecular formula is C20H23NO4. The number of anilines is 1. The van der Waals surface area contributed by atoms with E-state index in [0.717, 1.165) is 11.1 Å². The van der Waals surface area contributed by atoms with Crippen molar-refractivity contribution in [2.24, 2.45) is 0 Å². The van der Waals surface area contributed by atoms with E-state index in [9.17, 15) is 9.90 Å². The summed E-state index contributed by atoms with van der Waals surface area (Å²) in [5.74, 6) is 1.34. The van der Waals surface area contributed by atoms with Crippen molar-refractivity contribution in [2.75, 3.05) is 12.3 Å². The molecule has 132 valence electrons. The number of Topliss-reactive ketones (excluding diaryl/α,β-unsaturated/α-hetero) is 1. The molecule has 0 radical (unpaired) electrons. The highest BCUT2D eigenvalue weighted by Gasteiger charge is 2.40. The van der Waals surface area contributed by atoms with Gasteiger partial charge in [0.2, 0.25) is 0 Å². The van der Waals surface area contributed by atoms with Gasteiger partial charge in [-0.2, -0.15) is 0 Å². The predicted molar refractivity (Wildman–Crippen MR) is 96.6 cm³/mol. The van der Waals surface area contributed by atoms with Crippen LogP contribution in [-0.4, -0.2) is 23.1 Å². The molecule has 1 atom stereocenters. The lowest BCUT2D eigenvalue weighted by atomic mass is 9.86. The average molecular weight is 341 g/mol. The zero-order valence-corrected chi connectivity index (χ0v) is 15.0. The first-order valence-electron chi connectivity index (χ1n) is 8.25. The van der Waals surface area contributed by atoms with Crippen molar-refractivity contribution in [1.82, 2.24) is 0 Å². The number of phenols is 1. The van der Waals surface area contributed by atoms with E-state index >= 15 is 0 Å². The summed E-state index contributed by atoms with van der Waals surface area (Å²) in [4.78, 5) is 12.7. The van der Waals surface area contributed by atoms with Crippen LogP contribution in [0.2, 0.25) is 0 Å². The summed E-state index contributed by atoms with van der Waals surface area (Å²) in [6.07, 6.45) is 0.192. The van der Waals surface area contributed by atoms with Gasteiger partial charge in [0, 0.05) is 11.3 Å². The molecule has 5 heteroatoms. The van der Waals surface area contributed by atoms with Gasteiger partial charge in [-0.1, -0.05) is 0 Å². The number of hydrogen-bond acceptors (Lipinski definition) is 5. The normalized spacial score (nSPS) is 19.3. The number of nitrogen functional groups attached to an aromatic ring is 1. The van der Waals surface area contributed by atoms with Crippen molar-refractivity contribution in [3.63, 3.8) is 0 Å². The van der Waals surface area contributed by atoms with Gasteiger partial charge >= 0.3 is 0 Å². The van der Waals surface area contributed by atoms with E-state index in [2.05, 4.69) is 0 Å². The maximum absolute atomic E-state index is 12.7. The van der Waals surface area contributed by atoms with Crippen LogP contribution in [0.25, 0.3) is 0 Å². The predicted octanol–water partition coefficient (Wildman–Crippen LogP) is 3.70. The minimum Gasteiger partial charge on any atom is -0.507 e. The molecule has 3 rings (SSSR count). The summed E-state index contributed by atoms with van der Waals surface area (Å²) >= 11 is 0. The summed E-state index contributed by atoms with van der Waals surface area (Å²) in [7, 11) is 0. The molecule has 2 aromatic carbocycles. The molecule has 1 aliphatic heterocycles.